The summed E-state index contributed by atoms with van der Waals surface area (Å²) in [6.45, 7) is 1.70. The number of piperidine rings is 1. The Balaban J connectivity index is 1.95. The Labute approximate surface area is 157 Å². The highest BCUT2D eigenvalue weighted by atomic mass is 32.2. The summed E-state index contributed by atoms with van der Waals surface area (Å²) in [4.78, 5) is 34.7. The number of anilines is 1. The fourth-order valence-electron chi connectivity index (χ4n) is 2.80. The molecule has 10 heteroatoms. The van der Waals surface area contributed by atoms with Gasteiger partial charge in [-0.1, -0.05) is 0 Å². The first-order chi connectivity index (χ1) is 12.7. The molecule has 9 nitrogen and oxygen atoms in total. The van der Waals surface area contributed by atoms with Crippen LogP contribution in [-0.2, 0) is 19.6 Å². The molecule has 0 aliphatic carbocycles. The highest BCUT2D eigenvalue weighted by Gasteiger charge is 2.31. The molecule has 1 aliphatic rings. The third kappa shape index (κ3) is 5.76. The summed E-state index contributed by atoms with van der Waals surface area (Å²) < 4.78 is 25.4. The van der Waals surface area contributed by atoms with E-state index in [2.05, 4.69) is 10.6 Å². The molecule has 0 spiro atoms. The van der Waals surface area contributed by atoms with Gasteiger partial charge in [0.1, 0.15) is 6.54 Å². The Morgan fingerprint density at radius 1 is 1.22 bits per heavy atom. The van der Waals surface area contributed by atoms with Crippen molar-refractivity contribution >= 4 is 33.5 Å². The van der Waals surface area contributed by atoms with E-state index in [9.17, 15) is 22.8 Å². The van der Waals surface area contributed by atoms with Crippen molar-refractivity contribution < 1.29 is 27.9 Å². The van der Waals surface area contributed by atoms with E-state index in [4.69, 9.17) is 5.11 Å². The number of amides is 2. The highest BCUT2D eigenvalue weighted by Crippen LogP contribution is 2.21. The summed E-state index contributed by atoms with van der Waals surface area (Å²) in [6.07, 6.45) is 1.23. The average Bonchev–Trinajstić information content (AvgIpc) is 2.66. The number of nitrogens with one attached hydrogen (secondary N) is 2. The molecule has 1 saturated heterocycles. The topological polar surface area (TPSA) is 133 Å². The van der Waals surface area contributed by atoms with Crippen LogP contribution in [0.25, 0.3) is 0 Å². The van der Waals surface area contributed by atoms with E-state index >= 15 is 0 Å². The summed E-state index contributed by atoms with van der Waals surface area (Å²) in [5.74, 6) is -2.36. The lowest BCUT2D eigenvalue weighted by Gasteiger charge is -2.30. The number of rotatable bonds is 7. The van der Waals surface area contributed by atoms with Gasteiger partial charge in [-0.15, -0.1) is 0 Å². The van der Waals surface area contributed by atoms with Crippen LogP contribution in [0.4, 0.5) is 5.69 Å². The van der Waals surface area contributed by atoms with E-state index < -0.39 is 34.4 Å². The highest BCUT2D eigenvalue weighted by molar-refractivity contribution is 7.89. The second-order valence-corrected chi connectivity index (χ2v) is 8.50. The van der Waals surface area contributed by atoms with Gasteiger partial charge in [-0.05, 0) is 44.0 Å². The van der Waals surface area contributed by atoms with Crippen LogP contribution >= 0.6 is 0 Å². The van der Waals surface area contributed by atoms with E-state index in [-0.39, 0.29) is 23.8 Å². The first-order valence-electron chi connectivity index (χ1n) is 8.61. The Bertz CT molecular complexity index is 806. The van der Waals surface area contributed by atoms with E-state index in [0.29, 0.717) is 25.1 Å². The zero-order chi connectivity index (χ0) is 20.0. The molecule has 0 aromatic heterocycles. The molecule has 3 N–H and O–H groups in total. The first-order valence-corrected chi connectivity index (χ1v) is 10.2. The number of carbonyl (C=O) groups is 3. The van der Waals surface area contributed by atoms with Crippen molar-refractivity contribution in [1.29, 1.82) is 0 Å². The molecule has 1 aliphatic heterocycles. The molecule has 0 saturated carbocycles. The predicted molar refractivity (Wildman–Crippen MR) is 98.8 cm³/mol. The number of hydrogen-bond acceptors (Lipinski definition) is 5. The van der Waals surface area contributed by atoms with Crippen molar-refractivity contribution in [3.63, 3.8) is 0 Å². The lowest BCUT2D eigenvalue weighted by Crippen LogP contribution is -2.44. The SMILES string of the molecule is CCS(=O)(=O)N1CCCC(C(=O)Nc2ccc(C(=O)NCC(=O)O)cc2)C1. The Morgan fingerprint density at radius 3 is 2.48 bits per heavy atom. The van der Waals surface area contributed by atoms with E-state index in [1.54, 1.807) is 6.92 Å². The fourth-order valence-corrected chi connectivity index (χ4v) is 3.98. The van der Waals surface area contributed by atoms with Gasteiger partial charge < -0.3 is 15.7 Å². The maximum absolute atomic E-state index is 12.4. The van der Waals surface area contributed by atoms with Crippen molar-refractivity contribution in [1.82, 2.24) is 9.62 Å². The van der Waals surface area contributed by atoms with Gasteiger partial charge in [-0.25, -0.2) is 12.7 Å². The minimum absolute atomic E-state index is 0.00669. The summed E-state index contributed by atoms with van der Waals surface area (Å²) in [7, 11) is -3.32. The van der Waals surface area contributed by atoms with Crippen LogP contribution in [0.15, 0.2) is 24.3 Å². The molecule has 1 atom stereocenters. The Hall–Kier alpha value is -2.46. The molecule has 1 aromatic rings. The van der Waals surface area contributed by atoms with Gasteiger partial charge in [0.25, 0.3) is 5.91 Å². The van der Waals surface area contributed by atoms with Gasteiger partial charge in [-0.3, -0.25) is 14.4 Å². The number of hydrogen-bond donors (Lipinski definition) is 3. The van der Waals surface area contributed by atoms with Crippen LogP contribution in [0.1, 0.15) is 30.1 Å². The molecule has 27 heavy (non-hydrogen) atoms. The summed E-state index contributed by atoms with van der Waals surface area (Å²) in [6, 6.07) is 6.02. The van der Waals surface area contributed by atoms with Crippen LogP contribution in [0.2, 0.25) is 0 Å². The van der Waals surface area contributed by atoms with Gasteiger partial charge in [0, 0.05) is 24.3 Å². The molecule has 148 valence electrons. The second kappa shape index (κ2) is 8.96. The van der Waals surface area contributed by atoms with Gasteiger partial charge in [0.2, 0.25) is 15.9 Å². The minimum atomic E-state index is -3.32. The van der Waals surface area contributed by atoms with Gasteiger partial charge in [0.05, 0.1) is 11.7 Å². The largest absolute Gasteiger partial charge is 0.480 e. The lowest BCUT2D eigenvalue weighted by atomic mass is 9.98. The third-order valence-electron chi connectivity index (χ3n) is 4.33. The number of carboxylic acid groups (broad SMARTS) is 1. The third-order valence-corrected chi connectivity index (χ3v) is 6.18. The maximum atomic E-state index is 12.4. The summed E-state index contributed by atoms with van der Waals surface area (Å²) >= 11 is 0. The number of nitrogens with zero attached hydrogens (tertiary/aromatic N) is 1. The minimum Gasteiger partial charge on any atom is -0.480 e. The maximum Gasteiger partial charge on any atom is 0.322 e. The number of benzene rings is 1. The van der Waals surface area contributed by atoms with Crippen molar-refractivity contribution in [2.24, 2.45) is 5.92 Å². The molecule has 0 radical (unpaired) electrons. The lowest BCUT2D eigenvalue weighted by molar-refractivity contribution is -0.135. The van der Waals surface area contributed by atoms with E-state index in [1.165, 1.54) is 28.6 Å². The van der Waals surface area contributed by atoms with Crippen LogP contribution in [-0.4, -0.2) is 61.0 Å². The Kier molecular flexibility index (Phi) is 6.92. The molecule has 2 amide bonds. The van der Waals surface area contributed by atoms with Crippen molar-refractivity contribution in [3.8, 4) is 0 Å². The van der Waals surface area contributed by atoms with Crippen LogP contribution < -0.4 is 10.6 Å². The first kappa shape index (κ1) is 20.8. The molecule has 2 rings (SSSR count). The smallest absolute Gasteiger partial charge is 0.322 e. The standard InChI is InChI=1S/C17H23N3O6S/c1-2-27(25,26)20-9-3-4-13(11-20)17(24)19-14-7-5-12(6-8-14)16(23)18-10-15(21)22/h5-8,13H,2-4,9-11H2,1H3,(H,18,23)(H,19,24)(H,21,22). The van der Waals surface area contributed by atoms with Crippen molar-refractivity contribution in [3.05, 3.63) is 29.8 Å². The number of carboxylic acids is 1. The quantitative estimate of drug-likeness (QED) is 0.614. The van der Waals surface area contributed by atoms with Gasteiger partial charge >= 0.3 is 5.97 Å². The molecule has 1 fully saturated rings. The zero-order valence-electron chi connectivity index (χ0n) is 15.0. The number of aliphatic carboxylic acids is 1. The molecular formula is C17H23N3O6S. The van der Waals surface area contributed by atoms with Crippen LogP contribution in [0.3, 0.4) is 0 Å². The monoisotopic (exact) mass is 397 g/mol. The van der Waals surface area contributed by atoms with Gasteiger partial charge in [0.15, 0.2) is 0 Å². The zero-order valence-corrected chi connectivity index (χ0v) is 15.8. The van der Waals surface area contributed by atoms with Crippen LogP contribution in [0, 0.1) is 5.92 Å². The molecule has 1 unspecified atom stereocenters. The van der Waals surface area contributed by atoms with E-state index in [1.807, 2.05) is 0 Å². The predicted octanol–water partition coefficient (Wildman–Crippen LogP) is 0.501. The molecule has 1 heterocycles. The second-order valence-electron chi connectivity index (χ2n) is 6.24. The van der Waals surface area contributed by atoms with Crippen molar-refractivity contribution in [2.45, 2.75) is 19.8 Å². The molecule has 1 aromatic carbocycles. The average molecular weight is 397 g/mol. The van der Waals surface area contributed by atoms with Crippen LogP contribution in [0.5, 0.6) is 0 Å². The molecular weight excluding hydrogens is 374 g/mol. The number of sulfonamides is 1. The Morgan fingerprint density at radius 2 is 1.89 bits per heavy atom. The summed E-state index contributed by atoms with van der Waals surface area (Å²) in [5, 5.41) is 13.5. The van der Waals surface area contributed by atoms with E-state index in [0.717, 1.165) is 0 Å². The number of carbonyl (C=O) groups excluding carboxylic acids is 2. The fraction of sp³-hybridized carbons (Fsp3) is 0.471. The summed E-state index contributed by atoms with van der Waals surface area (Å²) in [5.41, 5.74) is 0.748. The van der Waals surface area contributed by atoms with Crippen molar-refractivity contribution in [2.75, 3.05) is 30.7 Å². The normalized spacial score (nSPS) is 17.9. The molecule has 0 bridgehead atoms. The van der Waals surface area contributed by atoms with Gasteiger partial charge in [-0.2, -0.15) is 0 Å².